The van der Waals surface area contributed by atoms with E-state index in [1.807, 2.05) is 65.6 Å². The van der Waals surface area contributed by atoms with Gasteiger partial charge in [0, 0.05) is 18.2 Å². The minimum atomic E-state index is -0.420. The molecule has 1 saturated carbocycles. The molecule has 1 saturated heterocycles. The highest BCUT2D eigenvalue weighted by atomic mass is 32.2. The van der Waals surface area contributed by atoms with Crippen molar-refractivity contribution in [3.05, 3.63) is 105 Å². The molecule has 3 aromatic rings. The van der Waals surface area contributed by atoms with E-state index in [1.54, 1.807) is 12.1 Å². The number of nitrogens with zero attached hydrogens (tertiary/aromatic N) is 3. The van der Waals surface area contributed by atoms with Crippen LogP contribution >= 0.6 is 11.8 Å². The summed E-state index contributed by atoms with van der Waals surface area (Å²) in [5, 5.41) is 11.6. The van der Waals surface area contributed by atoms with Gasteiger partial charge in [-0.15, -0.1) is 0 Å². The predicted molar refractivity (Wildman–Crippen MR) is 151 cm³/mol. The zero-order chi connectivity index (χ0) is 26.5. The molecule has 0 N–H and O–H groups in total. The van der Waals surface area contributed by atoms with Gasteiger partial charge >= 0.3 is 0 Å². The van der Waals surface area contributed by atoms with Crippen molar-refractivity contribution in [1.29, 1.82) is 0 Å². The van der Waals surface area contributed by atoms with E-state index < -0.39 is 4.92 Å². The lowest BCUT2D eigenvalue weighted by molar-refractivity contribution is -0.384. The molecule has 38 heavy (non-hydrogen) atoms. The number of carbonyl (C=O) groups is 1. The summed E-state index contributed by atoms with van der Waals surface area (Å²) in [7, 11) is 0. The average molecular weight is 528 g/mol. The van der Waals surface area contributed by atoms with Gasteiger partial charge in [0.05, 0.1) is 15.5 Å². The van der Waals surface area contributed by atoms with Gasteiger partial charge in [-0.1, -0.05) is 50.1 Å². The third kappa shape index (κ3) is 5.97. The van der Waals surface area contributed by atoms with Gasteiger partial charge in [-0.25, -0.2) is 4.99 Å². The lowest BCUT2D eigenvalue weighted by Crippen LogP contribution is -2.44. The molecule has 1 aliphatic heterocycles. The molecule has 1 amide bonds. The summed E-state index contributed by atoms with van der Waals surface area (Å²) in [5.74, 6) is 1.13. The first-order valence-electron chi connectivity index (χ1n) is 12.8. The molecule has 8 heteroatoms. The first-order chi connectivity index (χ1) is 18.5. The number of benzene rings is 3. The molecular weight excluding hydrogens is 498 g/mol. The zero-order valence-corrected chi connectivity index (χ0v) is 22.0. The Kier molecular flexibility index (Phi) is 7.89. The summed E-state index contributed by atoms with van der Waals surface area (Å²) < 4.78 is 5.84. The molecule has 1 heterocycles. The highest BCUT2D eigenvalue weighted by Gasteiger charge is 2.41. The number of amidine groups is 1. The van der Waals surface area contributed by atoms with Crippen LogP contribution in [0.4, 0.5) is 11.4 Å². The third-order valence-electron chi connectivity index (χ3n) is 6.95. The Morgan fingerprint density at radius 3 is 2.42 bits per heavy atom. The Bertz CT molecular complexity index is 1350. The monoisotopic (exact) mass is 527 g/mol. The number of amides is 1. The van der Waals surface area contributed by atoms with Crippen LogP contribution in [-0.2, 0) is 11.4 Å². The minimum Gasteiger partial charge on any atom is -0.489 e. The van der Waals surface area contributed by atoms with E-state index >= 15 is 0 Å². The lowest BCUT2D eigenvalue weighted by atomic mass is 9.85. The van der Waals surface area contributed by atoms with Gasteiger partial charge < -0.3 is 4.74 Å². The predicted octanol–water partition coefficient (Wildman–Crippen LogP) is 7.36. The van der Waals surface area contributed by atoms with Gasteiger partial charge in [0.25, 0.3) is 11.6 Å². The SMILES string of the molecule is C[C@H]1CCCC[C@H]1N1C(=O)/C(=C/c2ccc(OCc3ccc([N+](=O)[O-])cc3)cc2)SC1=Nc1ccccc1. The topological polar surface area (TPSA) is 85.0 Å². The number of nitro groups is 1. The number of thioether (sulfide) groups is 1. The molecule has 7 nitrogen and oxygen atoms in total. The fourth-order valence-electron chi connectivity index (χ4n) is 4.84. The lowest BCUT2D eigenvalue weighted by Gasteiger charge is -2.35. The molecule has 5 rings (SSSR count). The highest BCUT2D eigenvalue weighted by molar-refractivity contribution is 8.18. The van der Waals surface area contributed by atoms with Crippen molar-refractivity contribution in [1.82, 2.24) is 4.90 Å². The number of ether oxygens (including phenoxy) is 1. The molecule has 0 spiro atoms. The van der Waals surface area contributed by atoms with Crippen molar-refractivity contribution in [3.8, 4) is 5.75 Å². The quantitative estimate of drug-likeness (QED) is 0.182. The Morgan fingerprint density at radius 1 is 1.03 bits per heavy atom. The Morgan fingerprint density at radius 2 is 1.74 bits per heavy atom. The number of para-hydroxylation sites is 1. The molecule has 1 aliphatic carbocycles. The third-order valence-corrected chi connectivity index (χ3v) is 7.93. The van der Waals surface area contributed by atoms with E-state index in [0.717, 1.165) is 41.2 Å². The summed E-state index contributed by atoms with van der Waals surface area (Å²) in [6.07, 6.45) is 6.37. The number of nitro benzene ring substituents is 1. The Labute approximate surface area is 226 Å². The number of non-ortho nitro benzene ring substituents is 1. The maximum Gasteiger partial charge on any atom is 0.269 e. The van der Waals surface area contributed by atoms with Gasteiger partial charge in [-0.2, -0.15) is 0 Å². The van der Waals surface area contributed by atoms with Crippen molar-refractivity contribution >= 4 is 40.3 Å². The van der Waals surface area contributed by atoms with Crippen LogP contribution in [0, 0.1) is 16.0 Å². The van der Waals surface area contributed by atoms with Crippen LogP contribution in [0.2, 0.25) is 0 Å². The maximum atomic E-state index is 13.6. The van der Waals surface area contributed by atoms with Gasteiger partial charge in [0.2, 0.25) is 0 Å². The summed E-state index contributed by atoms with van der Waals surface area (Å²) in [6, 6.07) is 23.8. The van der Waals surface area contributed by atoms with E-state index in [-0.39, 0.29) is 17.6 Å². The summed E-state index contributed by atoms with van der Waals surface area (Å²) in [5.41, 5.74) is 2.64. The van der Waals surface area contributed by atoms with Crippen LogP contribution in [0.3, 0.4) is 0 Å². The van der Waals surface area contributed by atoms with Crippen molar-refractivity contribution < 1.29 is 14.5 Å². The summed E-state index contributed by atoms with van der Waals surface area (Å²) in [4.78, 5) is 31.5. The van der Waals surface area contributed by atoms with E-state index in [1.165, 1.54) is 30.3 Å². The van der Waals surface area contributed by atoms with Crippen LogP contribution in [0.1, 0.15) is 43.7 Å². The van der Waals surface area contributed by atoms with Gasteiger partial charge in [-0.05, 0) is 84.1 Å². The minimum absolute atomic E-state index is 0.0157. The molecule has 2 aliphatic rings. The molecule has 0 unspecified atom stereocenters. The molecule has 2 atom stereocenters. The second-order valence-corrected chi connectivity index (χ2v) is 10.6. The number of hydrogen-bond donors (Lipinski definition) is 0. The largest absolute Gasteiger partial charge is 0.489 e. The van der Waals surface area contributed by atoms with E-state index in [9.17, 15) is 14.9 Å². The first-order valence-corrected chi connectivity index (χ1v) is 13.6. The van der Waals surface area contributed by atoms with Crippen molar-refractivity contribution in [3.63, 3.8) is 0 Å². The van der Waals surface area contributed by atoms with Crippen LogP contribution in [0.5, 0.6) is 5.75 Å². The molecule has 0 bridgehead atoms. The molecule has 2 fully saturated rings. The van der Waals surface area contributed by atoms with Crippen molar-refractivity contribution in [2.75, 3.05) is 0 Å². The standard InChI is InChI=1S/C30H29N3O4S/c1-21-7-5-6-10-27(21)32-29(34)28(38-30(32)31-24-8-3-2-4-9-24)19-22-13-17-26(18-14-22)37-20-23-11-15-25(16-12-23)33(35)36/h2-4,8-9,11-19,21,27H,5-7,10,20H2,1H3/b28-19-,31-30?/t21-,27+/m0/s1. The normalized spacial score (nSPS) is 21.7. The summed E-state index contributed by atoms with van der Waals surface area (Å²) in [6.45, 7) is 2.54. The molecule has 0 aromatic heterocycles. The van der Waals surface area contributed by atoms with Gasteiger partial charge in [0.1, 0.15) is 12.4 Å². The summed E-state index contributed by atoms with van der Waals surface area (Å²) >= 11 is 1.44. The fraction of sp³-hybridized carbons (Fsp3) is 0.267. The van der Waals surface area contributed by atoms with Crippen LogP contribution in [0.15, 0.2) is 88.8 Å². The van der Waals surface area contributed by atoms with E-state index in [0.29, 0.717) is 23.2 Å². The van der Waals surface area contributed by atoms with Crippen LogP contribution in [-0.4, -0.2) is 26.9 Å². The molecule has 194 valence electrons. The first kappa shape index (κ1) is 25.7. The Balaban J connectivity index is 1.32. The second kappa shape index (κ2) is 11.6. The van der Waals surface area contributed by atoms with Gasteiger partial charge in [-0.3, -0.25) is 19.8 Å². The molecular formula is C30H29N3O4S. The average Bonchev–Trinajstić information content (AvgIpc) is 3.23. The van der Waals surface area contributed by atoms with Crippen LogP contribution in [0.25, 0.3) is 6.08 Å². The molecule has 3 aromatic carbocycles. The van der Waals surface area contributed by atoms with Crippen molar-refractivity contribution in [2.24, 2.45) is 10.9 Å². The maximum absolute atomic E-state index is 13.6. The fourth-order valence-corrected chi connectivity index (χ4v) is 5.89. The smallest absolute Gasteiger partial charge is 0.269 e. The van der Waals surface area contributed by atoms with E-state index in [2.05, 4.69) is 6.92 Å². The number of carbonyl (C=O) groups excluding carboxylic acids is 1. The number of rotatable bonds is 7. The zero-order valence-electron chi connectivity index (χ0n) is 21.2. The number of aliphatic imine (C=N–C) groups is 1. The van der Waals surface area contributed by atoms with E-state index in [4.69, 9.17) is 9.73 Å². The highest BCUT2D eigenvalue weighted by Crippen LogP contribution is 2.40. The van der Waals surface area contributed by atoms with Crippen LogP contribution < -0.4 is 4.74 Å². The van der Waals surface area contributed by atoms with Gasteiger partial charge in [0.15, 0.2) is 5.17 Å². The molecule has 0 radical (unpaired) electrons. The second-order valence-electron chi connectivity index (χ2n) is 9.63. The Hall–Kier alpha value is -3.91. The number of hydrogen-bond acceptors (Lipinski definition) is 6. The van der Waals surface area contributed by atoms with Crippen molar-refractivity contribution in [2.45, 2.75) is 45.3 Å².